The van der Waals surface area contributed by atoms with Crippen LogP contribution >= 0.6 is 0 Å². The van der Waals surface area contributed by atoms with Crippen LogP contribution in [0.4, 0.5) is 0 Å². The second-order valence-electron chi connectivity index (χ2n) is 4.42. The molecule has 1 unspecified atom stereocenters. The van der Waals surface area contributed by atoms with Gasteiger partial charge in [-0.1, -0.05) is 18.2 Å². The monoisotopic (exact) mass is 231 g/mol. The lowest BCUT2D eigenvalue weighted by Crippen LogP contribution is -2.47. The molecule has 0 radical (unpaired) electrons. The van der Waals surface area contributed by atoms with E-state index in [1.165, 1.54) is 0 Å². The second kappa shape index (κ2) is 4.49. The van der Waals surface area contributed by atoms with E-state index < -0.39 is 0 Å². The summed E-state index contributed by atoms with van der Waals surface area (Å²) >= 11 is 0. The number of nitrogens with two attached hydrogens (primary N) is 1. The molecule has 1 aromatic carbocycles. The summed E-state index contributed by atoms with van der Waals surface area (Å²) < 4.78 is 5.54. The zero-order valence-corrected chi connectivity index (χ0v) is 9.73. The molecule has 4 nitrogen and oxygen atoms in total. The van der Waals surface area contributed by atoms with Gasteiger partial charge in [-0.05, 0) is 6.07 Å². The molecule has 0 bridgehead atoms. The molecule has 2 heterocycles. The highest BCUT2D eigenvalue weighted by molar-refractivity contribution is 5.81. The fourth-order valence-corrected chi connectivity index (χ4v) is 2.38. The molecule has 2 aromatic rings. The van der Waals surface area contributed by atoms with E-state index in [1.807, 2.05) is 18.2 Å². The highest BCUT2D eigenvalue weighted by atomic mass is 16.3. The Hall–Kier alpha value is -1.36. The number of hydrogen-bond donors (Lipinski definition) is 2. The van der Waals surface area contributed by atoms with Gasteiger partial charge in [-0.2, -0.15) is 0 Å². The Labute approximate surface area is 100 Å². The maximum Gasteiger partial charge on any atom is 0.134 e. The van der Waals surface area contributed by atoms with Gasteiger partial charge in [0.05, 0.1) is 12.4 Å². The summed E-state index contributed by atoms with van der Waals surface area (Å²) in [4.78, 5) is 2.29. The number of nitrogens with zero attached hydrogens (tertiary/aromatic N) is 1. The van der Waals surface area contributed by atoms with Crippen LogP contribution in [0.25, 0.3) is 11.0 Å². The first kappa shape index (κ1) is 10.8. The molecule has 1 atom stereocenters. The van der Waals surface area contributed by atoms with Gasteiger partial charge in [0.25, 0.3) is 0 Å². The van der Waals surface area contributed by atoms with Crippen molar-refractivity contribution in [3.63, 3.8) is 0 Å². The van der Waals surface area contributed by atoms with Crippen molar-refractivity contribution < 1.29 is 4.42 Å². The molecular formula is C13H17N3O. The van der Waals surface area contributed by atoms with Crippen LogP contribution in [-0.2, 0) is 0 Å². The van der Waals surface area contributed by atoms with Crippen molar-refractivity contribution in [3.8, 4) is 0 Å². The van der Waals surface area contributed by atoms with Gasteiger partial charge in [-0.3, -0.25) is 4.90 Å². The van der Waals surface area contributed by atoms with Crippen LogP contribution in [0.1, 0.15) is 11.7 Å². The molecule has 0 spiro atoms. The lowest BCUT2D eigenvalue weighted by atomic mass is 10.1. The maximum atomic E-state index is 6.32. The van der Waals surface area contributed by atoms with Crippen LogP contribution in [0.3, 0.4) is 0 Å². The van der Waals surface area contributed by atoms with E-state index in [1.54, 1.807) is 6.26 Å². The lowest BCUT2D eigenvalue weighted by molar-refractivity contribution is 0.177. The average molecular weight is 231 g/mol. The van der Waals surface area contributed by atoms with Gasteiger partial charge in [-0.25, -0.2) is 0 Å². The molecule has 90 valence electrons. The average Bonchev–Trinajstić information content (AvgIpc) is 2.83. The minimum absolute atomic E-state index is 0.0688. The van der Waals surface area contributed by atoms with E-state index in [4.69, 9.17) is 10.2 Å². The smallest absolute Gasteiger partial charge is 0.134 e. The van der Waals surface area contributed by atoms with Crippen molar-refractivity contribution in [2.24, 2.45) is 5.73 Å². The predicted molar refractivity (Wildman–Crippen MR) is 67.6 cm³/mol. The van der Waals surface area contributed by atoms with Gasteiger partial charge in [0.15, 0.2) is 0 Å². The van der Waals surface area contributed by atoms with Crippen LogP contribution in [0, 0.1) is 0 Å². The number of furan rings is 1. The largest absolute Gasteiger partial charge is 0.464 e. The summed E-state index contributed by atoms with van der Waals surface area (Å²) in [7, 11) is 0. The summed E-state index contributed by atoms with van der Waals surface area (Å²) in [6.07, 6.45) is 1.72. The molecular weight excluding hydrogens is 214 g/mol. The molecule has 0 saturated carbocycles. The first-order chi connectivity index (χ1) is 8.36. The molecule has 0 amide bonds. The molecule has 1 aromatic heterocycles. The Morgan fingerprint density at radius 1 is 1.24 bits per heavy atom. The van der Waals surface area contributed by atoms with Crippen LogP contribution in [-0.4, -0.2) is 31.1 Å². The first-order valence-electron chi connectivity index (χ1n) is 6.03. The van der Waals surface area contributed by atoms with E-state index in [0.717, 1.165) is 42.7 Å². The zero-order chi connectivity index (χ0) is 11.7. The Morgan fingerprint density at radius 3 is 2.82 bits per heavy atom. The molecule has 1 aliphatic rings. The van der Waals surface area contributed by atoms with Gasteiger partial charge in [0.2, 0.25) is 0 Å². The molecule has 4 heteroatoms. The van der Waals surface area contributed by atoms with Crippen LogP contribution in [0.15, 0.2) is 34.9 Å². The van der Waals surface area contributed by atoms with Crippen molar-refractivity contribution >= 4 is 11.0 Å². The van der Waals surface area contributed by atoms with Gasteiger partial charge in [-0.15, -0.1) is 0 Å². The Bertz CT molecular complexity index is 502. The van der Waals surface area contributed by atoms with Crippen LogP contribution in [0.5, 0.6) is 0 Å². The number of piperazine rings is 1. The Balaban J connectivity index is 1.92. The summed E-state index contributed by atoms with van der Waals surface area (Å²) in [6.45, 7) is 3.98. The Morgan fingerprint density at radius 2 is 2.00 bits per heavy atom. The quantitative estimate of drug-likeness (QED) is 0.818. The number of nitrogens with one attached hydrogen (secondary N) is 1. The van der Waals surface area contributed by atoms with E-state index in [9.17, 15) is 0 Å². The summed E-state index contributed by atoms with van der Waals surface area (Å²) in [6, 6.07) is 8.04. The maximum absolute atomic E-state index is 6.32. The van der Waals surface area contributed by atoms with E-state index in [2.05, 4.69) is 16.3 Å². The number of hydrogen-bond acceptors (Lipinski definition) is 4. The highest BCUT2D eigenvalue weighted by Gasteiger charge is 2.21. The summed E-state index contributed by atoms with van der Waals surface area (Å²) in [5.41, 5.74) is 8.31. The fraction of sp³-hybridized carbons (Fsp3) is 0.385. The molecule has 1 fully saturated rings. The third-order valence-corrected chi connectivity index (χ3v) is 3.37. The van der Waals surface area contributed by atoms with Crippen molar-refractivity contribution in [1.29, 1.82) is 0 Å². The third kappa shape index (κ3) is 1.95. The van der Waals surface area contributed by atoms with Gasteiger partial charge < -0.3 is 15.5 Å². The standard InChI is InChI=1S/C13H17N3O/c14-13(16-7-5-15-6-8-16)11-9-17-12-4-2-1-3-10(11)12/h1-4,9,13,15H,5-8,14H2. The fourth-order valence-electron chi connectivity index (χ4n) is 2.38. The van der Waals surface area contributed by atoms with E-state index >= 15 is 0 Å². The molecule has 0 aliphatic carbocycles. The molecule has 3 N–H and O–H groups in total. The van der Waals surface area contributed by atoms with Crippen molar-refractivity contribution in [1.82, 2.24) is 10.2 Å². The van der Waals surface area contributed by atoms with Gasteiger partial charge in [0, 0.05) is 37.1 Å². The van der Waals surface area contributed by atoms with Gasteiger partial charge >= 0.3 is 0 Å². The van der Waals surface area contributed by atoms with Crippen LogP contribution in [0.2, 0.25) is 0 Å². The SMILES string of the molecule is NC(c1coc2ccccc12)N1CCNCC1. The van der Waals surface area contributed by atoms with Crippen molar-refractivity contribution in [2.45, 2.75) is 6.17 Å². The van der Waals surface area contributed by atoms with E-state index in [-0.39, 0.29) is 6.17 Å². The predicted octanol–water partition coefficient (Wildman–Crippen LogP) is 1.30. The minimum atomic E-state index is -0.0688. The third-order valence-electron chi connectivity index (χ3n) is 3.37. The molecule has 1 saturated heterocycles. The topological polar surface area (TPSA) is 54.4 Å². The minimum Gasteiger partial charge on any atom is -0.464 e. The number of fused-ring (bicyclic) bond motifs is 1. The number of rotatable bonds is 2. The number of para-hydroxylation sites is 1. The normalized spacial score (nSPS) is 19.6. The van der Waals surface area contributed by atoms with Crippen molar-refractivity contribution in [3.05, 3.63) is 36.1 Å². The Kier molecular flexibility index (Phi) is 2.84. The molecule has 17 heavy (non-hydrogen) atoms. The highest BCUT2D eigenvalue weighted by Crippen LogP contribution is 2.26. The van der Waals surface area contributed by atoms with Crippen molar-refractivity contribution in [2.75, 3.05) is 26.2 Å². The first-order valence-corrected chi connectivity index (χ1v) is 6.03. The van der Waals surface area contributed by atoms with E-state index in [0.29, 0.717) is 0 Å². The summed E-state index contributed by atoms with van der Waals surface area (Å²) in [5, 5.41) is 4.46. The second-order valence-corrected chi connectivity index (χ2v) is 4.42. The van der Waals surface area contributed by atoms with Gasteiger partial charge in [0.1, 0.15) is 5.58 Å². The lowest BCUT2D eigenvalue weighted by Gasteiger charge is -2.32. The molecule has 3 rings (SSSR count). The zero-order valence-electron chi connectivity index (χ0n) is 9.73. The number of benzene rings is 1. The summed E-state index contributed by atoms with van der Waals surface area (Å²) in [5.74, 6) is 0. The molecule has 1 aliphatic heterocycles. The van der Waals surface area contributed by atoms with Crippen LogP contribution < -0.4 is 11.1 Å².